The molecule has 1 rings (SSSR count). The van der Waals surface area contributed by atoms with E-state index in [4.69, 9.17) is 4.74 Å². The molecule has 0 unspecified atom stereocenters. The van der Waals surface area contributed by atoms with E-state index in [9.17, 15) is 4.79 Å². The van der Waals surface area contributed by atoms with E-state index in [1.165, 1.54) is 67.2 Å². The molecule has 0 aliphatic carbocycles. The Kier molecular flexibility index (Phi) is 13.1. The zero-order valence-electron chi connectivity index (χ0n) is 16.7. The van der Waals surface area contributed by atoms with Crippen molar-refractivity contribution in [1.29, 1.82) is 0 Å². The van der Waals surface area contributed by atoms with Crippen LogP contribution in [-0.4, -0.2) is 18.3 Å². The third-order valence-corrected chi connectivity index (χ3v) is 5.61. The Balaban J connectivity index is 1.86. The molecule has 0 radical (unpaired) electrons. The number of ether oxygens (including phenoxy) is 1. The van der Waals surface area contributed by atoms with Crippen molar-refractivity contribution >= 4 is 17.7 Å². The van der Waals surface area contributed by atoms with Gasteiger partial charge in [-0.25, -0.2) is 4.79 Å². The predicted molar refractivity (Wildman–Crippen MR) is 114 cm³/mol. The molecule has 146 valence electrons. The molecule has 0 bridgehead atoms. The summed E-state index contributed by atoms with van der Waals surface area (Å²) in [5.74, 6) is 1.53. The number of carbonyl (C=O) groups is 1. The lowest BCUT2D eigenvalue weighted by Crippen LogP contribution is -2.01. The lowest BCUT2D eigenvalue weighted by molar-refractivity contribution is -0.137. The number of carbonyl (C=O) groups excluding carboxylic acids is 1. The number of benzene rings is 1. The molecule has 26 heavy (non-hydrogen) atoms. The van der Waals surface area contributed by atoms with Crippen molar-refractivity contribution in [3.05, 3.63) is 42.5 Å². The fourth-order valence-corrected chi connectivity index (χ4v) is 3.72. The van der Waals surface area contributed by atoms with Gasteiger partial charge in [0.2, 0.25) is 0 Å². The minimum Gasteiger partial charge on any atom is -0.463 e. The number of hydrogen-bond donors (Lipinski definition) is 0. The Morgan fingerprint density at radius 2 is 1.50 bits per heavy atom. The molecule has 0 heterocycles. The van der Waals surface area contributed by atoms with E-state index in [2.05, 4.69) is 44.7 Å². The molecule has 1 aromatic carbocycles. The lowest BCUT2D eigenvalue weighted by Gasteiger charge is -2.07. The summed E-state index contributed by atoms with van der Waals surface area (Å²) in [4.78, 5) is 12.3. The van der Waals surface area contributed by atoms with Gasteiger partial charge in [-0.15, -0.1) is 11.8 Å². The Hall–Kier alpha value is -1.22. The van der Waals surface area contributed by atoms with E-state index < -0.39 is 0 Å². The normalized spacial score (nSPS) is 10.9. The van der Waals surface area contributed by atoms with Gasteiger partial charge in [-0.2, -0.15) is 0 Å². The summed E-state index contributed by atoms with van der Waals surface area (Å²) in [7, 11) is 0. The Morgan fingerprint density at radius 3 is 2.04 bits per heavy atom. The monoisotopic (exact) mass is 376 g/mol. The Labute approximate surface area is 164 Å². The standard InChI is InChI=1S/C23H36O2S/c1-4-23(24)25-18-12-10-8-6-5-7-9-11-13-19-26-22-16-14-21(15-17-22)20(2)3/h4,14-17,20H,1,5-13,18-19H2,2-3H3. The molecule has 0 aromatic heterocycles. The van der Waals surface area contributed by atoms with Gasteiger partial charge in [0.25, 0.3) is 0 Å². The van der Waals surface area contributed by atoms with Crippen LogP contribution in [0.2, 0.25) is 0 Å². The van der Waals surface area contributed by atoms with E-state index >= 15 is 0 Å². The number of thioether (sulfide) groups is 1. The van der Waals surface area contributed by atoms with Gasteiger partial charge in [0.1, 0.15) is 0 Å². The summed E-state index contributed by atoms with van der Waals surface area (Å²) in [5, 5.41) is 0. The van der Waals surface area contributed by atoms with Crippen LogP contribution in [0.4, 0.5) is 0 Å². The van der Waals surface area contributed by atoms with Crippen LogP contribution in [0.5, 0.6) is 0 Å². The molecular formula is C23H36O2S. The highest BCUT2D eigenvalue weighted by Gasteiger charge is 2.00. The molecule has 0 saturated carbocycles. The fraction of sp³-hybridized carbons (Fsp3) is 0.609. The molecule has 0 fully saturated rings. The van der Waals surface area contributed by atoms with Crippen LogP contribution in [0.15, 0.2) is 41.8 Å². The first kappa shape index (κ1) is 22.8. The van der Waals surface area contributed by atoms with Crippen LogP contribution in [0.3, 0.4) is 0 Å². The largest absolute Gasteiger partial charge is 0.463 e. The van der Waals surface area contributed by atoms with Gasteiger partial charge >= 0.3 is 5.97 Å². The first-order valence-corrected chi connectivity index (χ1v) is 11.1. The minimum atomic E-state index is -0.310. The van der Waals surface area contributed by atoms with E-state index in [1.54, 1.807) is 0 Å². The van der Waals surface area contributed by atoms with E-state index in [0.717, 1.165) is 12.8 Å². The molecule has 3 heteroatoms. The smallest absolute Gasteiger partial charge is 0.330 e. The number of rotatable bonds is 15. The topological polar surface area (TPSA) is 26.3 Å². The second kappa shape index (κ2) is 14.9. The number of esters is 1. The van der Waals surface area contributed by atoms with Crippen molar-refractivity contribution in [2.45, 2.75) is 82.4 Å². The molecule has 0 saturated heterocycles. The van der Waals surface area contributed by atoms with Crippen LogP contribution in [-0.2, 0) is 9.53 Å². The summed E-state index contributed by atoms with van der Waals surface area (Å²) >= 11 is 1.98. The van der Waals surface area contributed by atoms with Gasteiger partial charge < -0.3 is 4.74 Å². The van der Waals surface area contributed by atoms with E-state index in [-0.39, 0.29) is 5.97 Å². The van der Waals surface area contributed by atoms with Gasteiger partial charge in [0.15, 0.2) is 0 Å². The molecule has 0 spiro atoms. The third kappa shape index (κ3) is 11.4. The average molecular weight is 377 g/mol. The molecule has 0 N–H and O–H groups in total. The summed E-state index contributed by atoms with van der Waals surface area (Å²) in [6.45, 7) is 8.39. The fourth-order valence-electron chi connectivity index (χ4n) is 2.81. The van der Waals surface area contributed by atoms with Crippen LogP contribution in [0, 0.1) is 0 Å². The average Bonchev–Trinajstić information content (AvgIpc) is 2.65. The van der Waals surface area contributed by atoms with Crippen molar-refractivity contribution in [2.24, 2.45) is 0 Å². The quantitative estimate of drug-likeness (QED) is 0.141. The summed E-state index contributed by atoms with van der Waals surface area (Å²) in [6.07, 6.45) is 12.6. The predicted octanol–water partition coefficient (Wildman–Crippen LogP) is 7.14. The van der Waals surface area contributed by atoms with Crippen molar-refractivity contribution in [3.63, 3.8) is 0 Å². The van der Waals surface area contributed by atoms with Crippen molar-refractivity contribution in [2.75, 3.05) is 12.4 Å². The molecule has 0 amide bonds. The van der Waals surface area contributed by atoms with E-state index in [1.807, 2.05) is 11.8 Å². The van der Waals surface area contributed by atoms with Gasteiger partial charge in [0, 0.05) is 11.0 Å². The molecule has 0 aliphatic rings. The van der Waals surface area contributed by atoms with Gasteiger partial charge in [0.05, 0.1) is 6.61 Å². The SMILES string of the molecule is C=CC(=O)OCCCCCCCCCCCSc1ccc(C(C)C)cc1. The maximum Gasteiger partial charge on any atom is 0.330 e. The summed E-state index contributed by atoms with van der Waals surface area (Å²) < 4.78 is 4.96. The molecule has 1 aromatic rings. The lowest BCUT2D eigenvalue weighted by atomic mass is 10.0. The Bertz CT molecular complexity index is 493. The minimum absolute atomic E-state index is 0.310. The second-order valence-corrected chi connectivity index (χ2v) is 8.29. The van der Waals surface area contributed by atoms with Crippen molar-refractivity contribution in [3.8, 4) is 0 Å². The van der Waals surface area contributed by atoms with Crippen LogP contribution >= 0.6 is 11.8 Å². The van der Waals surface area contributed by atoms with Gasteiger partial charge in [-0.1, -0.05) is 77.5 Å². The molecule has 0 atom stereocenters. The highest BCUT2D eigenvalue weighted by atomic mass is 32.2. The summed E-state index contributed by atoms with van der Waals surface area (Å²) in [6, 6.07) is 9.05. The highest BCUT2D eigenvalue weighted by Crippen LogP contribution is 2.23. The first-order valence-electron chi connectivity index (χ1n) is 10.2. The number of hydrogen-bond acceptors (Lipinski definition) is 3. The number of unbranched alkanes of at least 4 members (excludes halogenated alkanes) is 8. The second-order valence-electron chi connectivity index (χ2n) is 7.13. The van der Waals surface area contributed by atoms with Crippen LogP contribution in [0.25, 0.3) is 0 Å². The zero-order valence-corrected chi connectivity index (χ0v) is 17.5. The van der Waals surface area contributed by atoms with Crippen molar-refractivity contribution < 1.29 is 9.53 Å². The molecular weight excluding hydrogens is 340 g/mol. The maximum atomic E-state index is 10.9. The zero-order chi connectivity index (χ0) is 19.0. The third-order valence-electron chi connectivity index (χ3n) is 4.52. The maximum absolute atomic E-state index is 10.9. The van der Waals surface area contributed by atoms with Gasteiger partial charge in [-0.05, 0) is 42.2 Å². The highest BCUT2D eigenvalue weighted by molar-refractivity contribution is 7.99. The molecule has 2 nitrogen and oxygen atoms in total. The molecule has 0 aliphatic heterocycles. The first-order chi connectivity index (χ1) is 12.6. The Morgan fingerprint density at radius 1 is 0.962 bits per heavy atom. The summed E-state index contributed by atoms with van der Waals surface area (Å²) in [5.41, 5.74) is 1.42. The van der Waals surface area contributed by atoms with Gasteiger partial charge in [-0.3, -0.25) is 0 Å². The van der Waals surface area contributed by atoms with Crippen molar-refractivity contribution in [1.82, 2.24) is 0 Å². The van der Waals surface area contributed by atoms with Crippen LogP contribution < -0.4 is 0 Å². The van der Waals surface area contributed by atoms with Crippen LogP contribution in [0.1, 0.15) is 83.1 Å². The van der Waals surface area contributed by atoms with E-state index in [0.29, 0.717) is 12.5 Å².